The fourth-order valence-corrected chi connectivity index (χ4v) is 4.49. The van der Waals surface area contributed by atoms with Gasteiger partial charge < -0.3 is 15.2 Å². The summed E-state index contributed by atoms with van der Waals surface area (Å²) in [7, 11) is 1.59. The SMILES string of the molecule is CC(C)=CCn1c(N2CCCC(CN)C2)nc2c1c(=O)n(CC(=O)c1ccccc1)c(=O)n2C. The highest BCUT2D eigenvalue weighted by atomic mass is 16.2. The number of hydrogen-bond acceptors (Lipinski definition) is 6. The Morgan fingerprint density at radius 1 is 1.18 bits per heavy atom. The van der Waals surface area contributed by atoms with Gasteiger partial charge in [0.1, 0.15) is 0 Å². The van der Waals surface area contributed by atoms with Crippen molar-refractivity contribution >= 4 is 22.9 Å². The number of carbonyl (C=O) groups is 1. The fourth-order valence-electron chi connectivity index (χ4n) is 4.49. The molecule has 9 heteroatoms. The topological polar surface area (TPSA) is 108 Å². The predicted molar refractivity (Wildman–Crippen MR) is 133 cm³/mol. The molecule has 0 bridgehead atoms. The van der Waals surface area contributed by atoms with Crippen LogP contribution in [-0.4, -0.2) is 44.1 Å². The second-order valence-electron chi connectivity index (χ2n) is 9.19. The Morgan fingerprint density at radius 2 is 1.91 bits per heavy atom. The van der Waals surface area contributed by atoms with Gasteiger partial charge in [0.15, 0.2) is 16.9 Å². The number of nitrogens with two attached hydrogens (primary N) is 1. The Hall–Kier alpha value is -3.46. The first-order chi connectivity index (χ1) is 16.3. The zero-order valence-corrected chi connectivity index (χ0v) is 20.0. The summed E-state index contributed by atoms with van der Waals surface area (Å²) in [5, 5.41) is 0. The van der Waals surface area contributed by atoms with Gasteiger partial charge in [-0.25, -0.2) is 4.79 Å². The van der Waals surface area contributed by atoms with Crippen LogP contribution in [0.4, 0.5) is 5.95 Å². The Balaban J connectivity index is 1.88. The van der Waals surface area contributed by atoms with Gasteiger partial charge in [0, 0.05) is 32.2 Å². The van der Waals surface area contributed by atoms with E-state index in [-0.39, 0.29) is 12.3 Å². The van der Waals surface area contributed by atoms with Crippen molar-refractivity contribution in [3.63, 3.8) is 0 Å². The van der Waals surface area contributed by atoms with Crippen LogP contribution < -0.4 is 21.9 Å². The molecule has 1 aromatic carbocycles. The van der Waals surface area contributed by atoms with E-state index in [2.05, 4.69) is 4.90 Å². The molecule has 34 heavy (non-hydrogen) atoms. The van der Waals surface area contributed by atoms with Crippen LogP contribution in [0.5, 0.6) is 0 Å². The van der Waals surface area contributed by atoms with E-state index in [0.29, 0.717) is 41.7 Å². The van der Waals surface area contributed by atoms with Gasteiger partial charge in [-0.1, -0.05) is 42.0 Å². The molecule has 9 nitrogen and oxygen atoms in total. The van der Waals surface area contributed by atoms with Crippen molar-refractivity contribution in [3.05, 3.63) is 68.4 Å². The van der Waals surface area contributed by atoms with Crippen molar-refractivity contribution in [3.8, 4) is 0 Å². The number of aryl methyl sites for hydroxylation is 1. The first-order valence-electron chi connectivity index (χ1n) is 11.7. The summed E-state index contributed by atoms with van der Waals surface area (Å²) in [5.74, 6) is 0.718. The number of ketones is 1. The zero-order chi connectivity index (χ0) is 24.4. The van der Waals surface area contributed by atoms with Gasteiger partial charge in [-0.2, -0.15) is 4.98 Å². The number of anilines is 1. The van der Waals surface area contributed by atoms with Gasteiger partial charge in [-0.15, -0.1) is 0 Å². The van der Waals surface area contributed by atoms with Crippen LogP contribution in [0.2, 0.25) is 0 Å². The fraction of sp³-hybridized carbons (Fsp3) is 0.440. The molecule has 4 rings (SSSR count). The van der Waals surface area contributed by atoms with Crippen molar-refractivity contribution < 1.29 is 4.79 Å². The van der Waals surface area contributed by atoms with E-state index >= 15 is 0 Å². The Bertz CT molecular complexity index is 1340. The number of fused-ring (bicyclic) bond motifs is 1. The van der Waals surface area contributed by atoms with Gasteiger partial charge in [-0.3, -0.25) is 18.7 Å². The molecular weight excluding hydrogens is 432 g/mol. The second kappa shape index (κ2) is 9.80. The molecule has 3 heterocycles. The molecule has 1 aliphatic heterocycles. The third-order valence-electron chi connectivity index (χ3n) is 6.43. The van der Waals surface area contributed by atoms with E-state index in [9.17, 15) is 14.4 Å². The normalized spacial score (nSPS) is 16.1. The number of hydrogen-bond donors (Lipinski definition) is 1. The van der Waals surface area contributed by atoms with Gasteiger partial charge >= 0.3 is 5.69 Å². The highest BCUT2D eigenvalue weighted by Gasteiger charge is 2.27. The number of aromatic nitrogens is 4. The lowest BCUT2D eigenvalue weighted by Crippen LogP contribution is -2.41. The van der Waals surface area contributed by atoms with Crippen molar-refractivity contribution in [1.82, 2.24) is 18.7 Å². The monoisotopic (exact) mass is 464 g/mol. The number of Topliss-reactive ketones (excluding diaryl/α,β-unsaturated/α-hetero) is 1. The van der Waals surface area contributed by atoms with E-state index in [1.807, 2.05) is 30.6 Å². The summed E-state index contributed by atoms with van der Waals surface area (Å²) in [4.78, 5) is 46.5. The van der Waals surface area contributed by atoms with Crippen molar-refractivity contribution in [2.45, 2.75) is 39.8 Å². The number of piperidine rings is 1. The van der Waals surface area contributed by atoms with Crippen LogP contribution in [0, 0.1) is 5.92 Å². The van der Waals surface area contributed by atoms with E-state index in [0.717, 1.165) is 36.1 Å². The first-order valence-corrected chi connectivity index (χ1v) is 11.7. The van der Waals surface area contributed by atoms with E-state index < -0.39 is 11.2 Å². The minimum atomic E-state index is -0.557. The van der Waals surface area contributed by atoms with Crippen LogP contribution >= 0.6 is 0 Å². The number of carbonyl (C=O) groups excluding carboxylic acids is 1. The lowest BCUT2D eigenvalue weighted by atomic mass is 9.99. The van der Waals surface area contributed by atoms with Crippen LogP contribution in [0.15, 0.2) is 51.6 Å². The highest BCUT2D eigenvalue weighted by molar-refractivity contribution is 5.95. The molecule has 1 fully saturated rings. The maximum Gasteiger partial charge on any atom is 0.332 e. The summed E-state index contributed by atoms with van der Waals surface area (Å²) < 4.78 is 4.25. The van der Waals surface area contributed by atoms with Crippen molar-refractivity contribution in [1.29, 1.82) is 0 Å². The summed E-state index contributed by atoms with van der Waals surface area (Å²) in [6, 6.07) is 8.68. The van der Waals surface area contributed by atoms with E-state index in [1.165, 1.54) is 4.57 Å². The maximum atomic E-state index is 13.6. The lowest BCUT2D eigenvalue weighted by Gasteiger charge is -2.33. The number of rotatable bonds is 7. The Morgan fingerprint density at radius 3 is 2.59 bits per heavy atom. The third-order valence-corrected chi connectivity index (χ3v) is 6.43. The molecule has 0 radical (unpaired) electrons. The van der Waals surface area contributed by atoms with Crippen molar-refractivity contribution in [2.75, 3.05) is 24.5 Å². The standard InChI is InChI=1S/C25H32N6O3/c1-17(2)11-13-30-21-22(27-24(30)29-12-7-8-18(14-26)15-29)28(3)25(34)31(23(21)33)16-20(32)19-9-5-4-6-10-19/h4-6,9-11,18H,7-8,12-16,26H2,1-3H3. The molecule has 1 atom stereocenters. The van der Waals surface area contributed by atoms with E-state index in [4.69, 9.17) is 10.7 Å². The molecule has 0 spiro atoms. The summed E-state index contributed by atoms with van der Waals surface area (Å²) in [5.41, 5.74) is 7.09. The lowest BCUT2D eigenvalue weighted by molar-refractivity contribution is 0.0969. The van der Waals surface area contributed by atoms with Crippen LogP contribution in [0.25, 0.3) is 11.2 Å². The van der Waals surface area contributed by atoms with Crippen molar-refractivity contribution in [2.24, 2.45) is 18.7 Å². The number of benzene rings is 1. The Kier molecular flexibility index (Phi) is 6.83. The smallest absolute Gasteiger partial charge is 0.332 e. The summed E-state index contributed by atoms with van der Waals surface area (Å²) >= 11 is 0. The van der Waals surface area contributed by atoms with Crippen LogP contribution in [0.3, 0.4) is 0 Å². The number of nitrogens with zero attached hydrogens (tertiary/aromatic N) is 5. The molecule has 0 aliphatic carbocycles. The van der Waals surface area contributed by atoms with Crippen LogP contribution in [-0.2, 0) is 20.1 Å². The average molecular weight is 465 g/mol. The van der Waals surface area contributed by atoms with Gasteiger partial charge in [0.2, 0.25) is 5.95 Å². The predicted octanol–water partition coefficient (Wildman–Crippen LogP) is 1.92. The van der Waals surface area contributed by atoms with E-state index in [1.54, 1.807) is 31.3 Å². The molecular formula is C25H32N6O3. The van der Waals surface area contributed by atoms with Crippen LogP contribution in [0.1, 0.15) is 37.0 Å². The largest absolute Gasteiger partial charge is 0.342 e. The molecule has 1 unspecified atom stereocenters. The maximum absolute atomic E-state index is 13.6. The molecule has 1 saturated heterocycles. The minimum absolute atomic E-state index is 0.295. The Labute approximate surface area is 198 Å². The number of allylic oxidation sites excluding steroid dienone is 2. The number of imidazole rings is 1. The molecule has 2 N–H and O–H groups in total. The third kappa shape index (κ3) is 4.48. The average Bonchev–Trinajstić information content (AvgIpc) is 3.24. The summed E-state index contributed by atoms with van der Waals surface area (Å²) in [6.45, 7) is 6.27. The molecule has 0 amide bonds. The zero-order valence-electron chi connectivity index (χ0n) is 20.0. The second-order valence-corrected chi connectivity index (χ2v) is 9.19. The molecule has 1 aliphatic rings. The van der Waals surface area contributed by atoms with Gasteiger partial charge in [0.25, 0.3) is 5.56 Å². The molecule has 3 aromatic rings. The first kappa shape index (κ1) is 23.7. The summed E-state index contributed by atoms with van der Waals surface area (Å²) in [6.07, 6.45) is 4.08. The highest BCUT2D eigenvalue weighted by Crippen LogP contribution is 2.25. The van der Waals surface area contributed by atoms with Gasteiger partial charge in [0.05, 0.1) is 6.54 Å². The minimum Gasteiger partial charge on any atom is -0.342 e. The quantitative estimate of drug-likeness (QED) is 0.423. The molecule has 2 aromatic heterocycles. The molecule has 0 saturated carbocycles. The van der Waals surface area contributed by atoms with Gasteiger partial charge in [-0.05, 0) is 39.2 Å². The molecule has 180 valence electrons.